The molecule has 160 valence electrons. The third-order valence-corrected chi connectivity index (χ3v) is 4.95. The number of hydrogen-bond donors (Lipinski definition) is 2. The zero-order valence-electron chi connectivity index (χ0n) is 18.0. The minimum atomic E-state index is 0. The van der Waals surface area contributed by atoms with Gasteiger partial charge in [0.15, 0.2) is 5.96 Å². The van der Waals surface area contributed by atoms with Gasteiger partial charge >= 0.3 is 0 Å². The molecule has 6 nitrogen and oxygen atoms in total. The smallest absolute Gasteiger partial charge is 0.191 e. The van der Waals surface area contributed by atoms with Crippen molar-refractivity contribution in [2.75, 3.05) is 60.0 Å². The summed E-state index contributed by atoms with van der Waals surface area (Å²) >= 11 is 0. The number of benzene rings is 1. The molecule has 1 aliphatic rings. The average Bonchev–Trinajstić information content (AvgIpc) is 2.87. The van der Waals surface area contributed by atoms with Gasteiger partial charge in [-0.15, -0.1) is 24.0 Å². The van der Waals surface area contributed by atoms with E-state index in [4.69, 9.17) is 4.74 Å². The fourth-order valence-electron chi connectivity index (χ4n) is 3.33. The van der Waals surface area contributed by atoms with Crippen LogP contribution in [0.25, 0.3) is 0 Å². The molecular formula is C21H38IN5O. The summed E-state index contributed by atoms with van der Waals surface area (Å²) in [4.78, 5) is 9.33. The van der Waals surface area contributed by atoms with Gasteiger partial charge in [-0.2, -0.15) is 0 Å². The number of aliphatic imine (C=N–C) groups is 1. The minimum Gasteiger partial charge on any atom is -0.494 e. The average molecular weight is 503 g/mol. The standard InChI is InChI=1S/C21H37N5O.HI/c1-5-27-20-16-18(2)8-9-19(20)17-24-21(22-3)23-10-6-12-26-13-7-11-25(4)14-15-26;/h8-9,16H,5-7,10-15,17H2,1-4H3,(H2,22,23,24);1H. The summed E-state index contributed by atoms with van der Waals surface area (Å²) < 4.78 is 5.76. The summed E-state index contributed by atoms with van der Waals surface area (Å²) in [5.41, 5.74) is 2.36. The maximum atomic E-state index is 5.76. The van der Waals surface area contributed by atoms with E-state index in [0.29, 0.717) is 13.2 Å². The fraction of sp³-hybridized carbons (Fsp3) is 0.667. The minimum absolute atomic E-state index is 0. The van der Waals surface area contributed by atoms with Crippen LogP contribution in [-0.2, 0) is 6.54 Å². The molecule has 0 aromatic heterocycles. The van der Waals surface area contributed by atoms with E-state index in [2.05, 4.69) is 57.6 Å². The number of likely N-dealkylation sites (N-methyl/N-ethyl adjacent to an activating group) is 1. The first-order valence-corrected chi connectivity index (χ1v) is 10.2. The Morgan fingerprint density at radius 3 is 2.75 bits per heavy atom. The van der Waals surface area contributed by atoms with E-state index in [1.807, 2.05) is 14.0 Å². The Hall–Kier alpha value is -1.06. The molecule has 2 N–H and O–H groups in total. The Morgan fingerprint density at radius 1 is 1.18 bits per heavy atom. The Morgan fingerprint density at radius 2 is 2.00 bits per heavy atom. The molecule has 2 rings (SSSR count). The number of nitrogens with zero attached hydrogens (tertiary/aromatic N) is 3. The van der Waals surface area contributed by atoms with E-state index in [1.165, 1.54) is 38.2 Å². The summed E-state index contributed by atoms with van der Waals surface area (Å²) in [6.07, 6.45) is 2.39. The van der Waals surface area contributed by atoms with E-state index in [0.717, 1.165) is 36.8 Å². The first kappa shape index (κ1) is 25.0. The van der Waals surface area contributed by atoms with E-state index in [1.54, 1.807) is 0 Å². The topological polar surface area (TPSA) is 52.1 Å². The van der Waals surface area contributed by atoms with E-state index < -0.39 is 0 Å². The van der Waals surface area contributed by atoms with E-state index in [-0.39, 0.29) is 24.0 Å². The lowest BCUT2D eigenvalue weighted by molar-refractivity contribution is 0.274. The van der Waals surface area contributed by atoms with Crippen LogP contribution in [0.4, 0.5) is 0 Å². The maximum absolute atomic E-state index is 5.76. The zero-order valence-corrected chi connectivity index (χ0v) is 20.3. The first-order valence-electron chi connectivity index (χ1n) is 10.2. The Labute approximate surface area is 188 Å². The van der Waals surface area contributed by atoms with E-state index >= 15 is 0 Å². The second kappa shape index (κ2) is 14.0. The predicted octanol–water partition coefficient (Wildman–Crippen LogP) is 2.70. The molecule has 0 aliphatic carbocycles. The van der Waals surface area contributed by atoms with Crippen LogP contribution in [0.5, 0.6) is 5.75 Å². The van der Waals surface area contributed by atoms with Crippen LogP contribution in [-0.4, -0.2) is 75.7 Å². The molecule has 0 bridgehead atoms. The number of aryl methyl sites for hydroxylation is 1. The van der Waals surface area contributed by atoms with Crippen molar-refractivity contribution in [3.63, 3.8) is 0 Å². The third kappa shape index (κ3) is 8.96. The van der Waals surface area contributed by atoms with Gasteiger partial charge in [-0.1, -0.05) is 12.1 Å². The van der Waals surface area contributed by atoms with Crippen LogP contribution < -0.4 is 15.4 Å². The lowest BCUT2D eigenvalue weighted by Crippen LogP contribution is -2.38. The second-order valence-corrected chi connectivity index (χ2v) is 7.25. The van der Waals surface area contributed by atoms with Gasteiger partial charge in [0.05, 0.1) is 6.61 Å². The molecule has 1 saturated heterocycles. The maximum Gasteiger partial charge on any atom is 0.191 e. The van der Waals surface area contributed by atoms with Gasteiger partial charge in [-0.3, -0.25) is 4.99 Å². The normalized spacial score (nSPS) is 16.2. The molecule has 1 aromatic rings. The first-order chi connectivity index (χ1) is 13.1. The van der Waals surface area contributed by atoms with Crippen LogP contribution in [0.1, 0.15) is 30.9 Å². The number of hydrogen-bond acceptors (Lipinski definition) is 4. The molecule has 28 heavy (non-hydrogen) atoms. The molecule has 0 atom stereocenters. The molecule has 0 radical (unpaired) electrons. The monoisotopic (exact) mass is 503 g/mol. The summed E-state index contributed by atoms with van der Waals surface area (Å²) in [6.45, 7) is 12.3. The lowest BCUT2D eigenvalue weighted by atomic mass is 10.1. The summed E-state index contributed by atoms with van der Waals surface area (Å²) in [5, 5.41) is 6.82. The Balaban J connectivity index is 0.00000392. The summed E-state index contributed by atoms with van der Waals surface area (Å²) in [7, 11) is 4.03. The number of nitrogens with one attached hydrogen (secondary N) is 2. The van der Waals surface area contributed by atoms with Gasteiger partial charge in [0.25, 0.3) is 0 Å². The quantitative estimate of drug-likeness (QED) is 0.247. The number of guanidine groups is 1. The molecule has 0 saturated carbocycles. The van der Waals surface area contributed by atoms with Crippen LogP contribution in [0, 0.1) is 6.92 Å². The molecule has 0 amide bonds. The highest BCUT2D eigenvalue weighted by Gasteiger charge is 2.11. The third-order valence-electron chi connectivity index (χ3n) is 4.95. The number of rotatable bonds is 8. The molecule has 7 heteroatoms. The Bertz CT molecular complexity index is 596. The van der Waals surface area contributed by atoms with Crippen molar-refractivity contribution in [2.24, 2.45) is 4.99 Å². The van der Waals surface area contributed by atoms with Gasteiger partial charge in [0, 0.05) is 38.8 Å². The lowest BCUT2D eigenvalue weighted by Gasteiger charge is -2.20. The number of ether oxygens (including phenoxy) is 1. The van der Waals surface area contributed by atoms with Gasteiger partial charge in [-0.05, 0) is 65.0 Å². The van der Waals surface area contributed by atoms with Crippen molar-refractivity contribution in [2.45, 2.75) is 33.2 Å². The Kier molecular flexibility index (Phi) is 12.5. The molecule has 1 heterocycles. The second-order valence-electron chi connectivity index (χ2n) is 7.25. The van der Waals surface area contributed by atoms with Gasteiger partial charge < -0.3 is 25.2 Å². The highest BCUT2D eigenvalue weighted by Crippen LogP contribution is 2.20. The van der Waals surface area contributed by atoms with Crippen molar-refractivity contribution in [3.05, 3.63) is 29.3 Å². The van der Waals surface area contributed by atoms with Crippen LogP contribution in [0.15, 0.2) is 23.2 Å². The van der Waals surface area contributed by atoms with Crippen molar-refractivity contribution in [1.82, 2.24) is 20.4 Å². The van der Waals surface area contributed by atoms with E-state index in [9.17, 15) is 0 Å². The molecule has 0 spiro atoms. The molecule has 1 fully saturated rings. The van der Waals surface area contributed by atoms with Crippen LogP contribution >= 0.6 is 24.0 Å². The molecule has 1 aliphatic heterocycles. The van der Waals surface area contributed by atoms with Gasteiger partial charge in [-0.25, -0.2) is 0 Å². The zero-order chi connectivity index (χ0) is 19.5. The molecule has 1 aromatic carbocycles. The largest absolute Gasteiger partial charge is 0.494 e. The van der Waals surface area contributed by atoms with Crippen LogP contribution in [0.3, 0.4) is 0 Å². The predicted molar refractivity (Wildman–Crippen MR) is 129 cm³/mol. The highest BCUT2D eigenvalue weighted by atomic mass is 127. The summed E-state index contributed by atoms with van der Waals surface area (Å²) in [5.74, 6) is 1.79. The van der Waals surface area contributed by atoms with Crippen molar-refractivity contribution >= 4 is 29.9 Å². The molecule has 0 unspecified atom stereocenters. The van der Waals surface area contributed by atoms with Crippen molar-refractivity contribution in [3.8, 4) is 5.75 Å². The van der Waals surface area contributed by atoms with Crippen molar-refractivity contribution in [1.29, 1.82) is 0 Å². The van der Waals surface area contributed by atoms with Gasteiger partial charge in [0.2, 0.25) is 0 Å². The SMILES string of the molecule is CCOc1cc(C)ccc1CNC(=NC)NCCCN1CCCN(C)CC1.I. The highest BCUT2D eigenvalue weighted by molar-refractivity contribution is 14.0. The van der Waals surface area contributed by atoms with Gasteiger partial charge in [0.1, 0.15) is 5.75 Å². The summed E-state index contributed by atoms with van der Waals surface area (Å²) in [6, 6.07) is 6.33. The van der Waals surface area contributed by atoms with Crippen LogP contribution in [0.2, 0.25) is 0 Å². The van der Waals surface area contributed by atoms with Crippen molar-refractivity contribution < 1.29 is 4.74 Å². The molecular weight excluding hydrogens is 465 g/mol. The fourth-order valence-corrected chi connectivity index (χ4v) is 3.33. The number of halogens is 1.